The molecular formula is C15H25NS. The van der Waals surface area contributed by atoms with Crippen molar-refractivity contribution in [3.8, 4) is 0 Å². The fraction of sp³-hybridized carbons (Fsp3) is 0.600. The maximum Gasteiger partial charge on any atom is 0.00465 e. The minimum atomic E-state index is 0.666. The number of unbranched alkanes of at least 4 members (excludes halogenated alkanes) is 1. The molecule has 1 nitrogen and oxygen atoms in total. The smallest absolute Gasteiger partial charge is 0.00465 e. The van der Waals surface area contributed by atoms with Gasteiger partial charge in [0.2, 0.25) is 0 Å². The normalized spacial score (nSPS) is 12.6. The molecule has 1 N–H and O–H groups in total. The molecule has 1 aromatic carbocycles. The van der Waals surface area contributed by atoms with E-state index in [1.807, 2.05) is 11.8 Å². The van der Waals surface area contributed by atoms with E-state index in [-0.39, 0.29) is 0 Å². The summed E-state index contributed by atoms with van der Waals surface area (Å²) in [6.07, 6.45) is 7.22. The summed E-state index contributed by atoms with van der Waals surface area (Å²) in [7, 11) is 0. The summed E-state index contributed by atoms with van der Waals surface area (Å²) in [6.45, 7) is 3.44. The SMILES string of the molecule is CSCCC(C)NCCCCc1ccccc1. The van der Waals surface area contributed by atoms with Crippen LogP contribution in [-0.2, 0) is 6.42 Å². The molecule has 0 aliphatic carbocycles. The summed E-state index contributed by atoms with van der Waals surface area (Å²) in [5.41, 5.74) is 1.46. The van der Waals surface area contributed by atoms with Crippen molar-refractivity contribution >= 4 is 11.8 Å². The van der Waals surface area contributed by atoms with E-state index in [0.717, 1.165) is 6.54 Å². The molecule has 0 aromatic heterocycles. The van der Waals surface area contributed by atoms with Crippen molar-refractivity contribution in [2.45, 2.75) is 38.6 Å². The predicted octanol–water partition coefficient (Wildman–Crippen LogP) is 3.74. The standard InChI is InChI=1S/C15H25NS/c1-14(11-13-17-2)16-12-7-6-10-15-8-4-3-5-9-15/h3-5,8-9,14,16H,6-7,10-13H2,1-2H3. The zero-order valence-electron chi connectivity index (χ0n) is 11.1. The molecule has 0 amide bonds. The molecule has 0 radical (unpaired) electrons. The molecule has 1 unspecified atom stereocenters. The Bertz CT molecular complexity index is 274. The van der Waals surface area contributed by atoms with Crippen LogP contribution in [0.1, 0.15) is 31.7 Å². The Labute approximate surface area is 110 Å². The molecular weight excluding hydrogens is 226 g/mol. The van der Waals surface area contributed by atoms with E-state index in [1.54, 1.807) is 0 Å². The maximum absolute atomic E-state index is 3.59. The van der Waals surface area contributed by atoms with Crippen LogP contribution in [0.3, 0.4) is 0 Å². The van der Waals surface area contributed by atoms with Crippen molar-refractivity contribution in [2.24, 2.45) is 0 Å². The number of nitrogens with one attached hydrogen (secondary N) is 1. The lowest BCUT2D eigenvalue weighted by atomic mass is 10.1. The van der Waals surface area contributed by atoms with Gasteiger partial charge in [0, 0.05) is 6.04 Å². The van der Waals surface area contributed by atoms with Crippen molar-refractivity contribution in [1.29, 1.82) is 0 Å². The number of benzene rings is 1. The molecule has 0 spiro atoms. The summed E-state index contributed by atoms with van der Waals surface area (Å²) >= 11 is 1.93. The zero-order chi connectivity index (χ0) is 12.3. The van der Waals surface area contributed by atoms with E-state index in [1.165, 1.54) is 37.0 Å². The average molecular weight is 251 g/mol. The minimum Gasteiger partial charge on any atom is -0.314 e. The van der Waals surface area contributed by atoms with Crippen molar-refractivity contribution in [3.63, 3.8) is 0 Å². The first-order valence-corrected chi connectivity index (χ1v) is 7.98. The maximum atomic E-state index is 3.59. The number of hydrogen-bond acceptors (Lipinski definition) is 2. The summed E-state index contributed by atoms with van der Waals surface area (Å²) in [5, 5.41) is 3.59. The molecule has 2 heteroatoms. The van der Waals surface area contributed by atoms with Crippen molar-refractivity contribution in [1.82, 2.24) is 5.32 Å². The highest BCUT2D eigenvalue weighted by Gasteiger charge is 1.99. The van der Waals surface area contributed by atoms with Crippen molar-refractivity contribution in [3.05, 3.63) is 35.9 Å². The van der Waals surface area contributed by atoms with Gasteiger partial charge in [-0.25, -0.2) is 0 Å². The first kappa shape index (κ1) is 14.6. The van der Waals surface area contributed by atoms with Crippen LogP contribution in [0.2, 0.25) is 0 Å². The highest BCUT2D eigenvalue weighted by Crippen LogP contribution is 2.04. The summed E-state index contributed by atoms with van der Waals surface area (Å²) in [5.74, 6) is 1.26. The van der Waals surface area contributed by atoms with E-state index in [4.69, 9.17) is 0 Å². The molecule has 1 rings (SSSR count). The molecule has 1 atom stereocenters. The predicted molar refractivity (Wildman–Crippen MR) is 79.8 cm³/mol. The lowest BCUT2D eigenvalue weighted by molar-refractivity contribution is 0.519. The van der Waals surface area contributed by atoms with E-state index < -0.39 is 0 Å². The van der Waals surface area contributed by atoms with Crippen molar-refractivity contribution in [2.75, 3.05) is 18.6 Å². The topological polar surface area (TPSA) is 12.0 Å². The molecule has 0 saturated heterocycles. The van der Waals surface area contributed by atoms with Crippen LogP contribution in [0.4, 0.5) is 0 Å². The molecule has 96 valence electrons. The van der Waals surface area contributed by atoms with Gasteiger partial charge in [-0.2, -0.15) is 11.8 Å². The second-order valence-electron chi connectivity index (χ2n) is 4.58. The number of aryl methyl sites for hydroxylation is 1. The highest BCUT2D eigenvalue weighted by molar-refractivity contribution is 7.98. The van der Waals surface area contributed by atoms with Gasteiger partial charge in [-0.1, -0.05) is 30.3 Å². The second-order valence-corrected chi connectivity index (χ2v) is 5.56. The molecule has 0 fully saturated rings. The van der Waals surface area contributed by atoms with Gasteiger partial charge in [0.1, 0.15) is 0 Å². The van der Waals surface area contributed by atoms with Crippen LogP contribution in [0, 0.1) is 0 Å². The highest BCUT2D eigenvalue weighted by atomic mass is 32.2. The lowest BCUT2D eigenvalue weighted by Gasteiger charge is -2.12. The van der Waals surface area contributed by atoms with E-state index >= 15 is 0 Å². The number of hydrogen-bond donors (Lipinski definition) is 1. The Morgan fingerprint density at radius 3 is 2.65 bits per heavy atom. The monoisotopic (exact) mass is 251 g/mol. The van der Waals surface area contributed by atoms with Crippen LogP contribution in [-0.4, -0.2) is 24.6 Å². The minimum absolute atomic E-state index is 0.666. The fourth-order valence-electron chi connectivity index (χ4n) is 1.84. The second kappa shape index (κ2) is 9.55. The van der Waals surface area contributed by atoms with Gasteiger partial charge in [-0.05, 0) is 56.7 Å². The Kier molecular flexibility index (Phi) is 8.20. The van der Waals surface area contributed by atoms with Crippen LogP contribution in [0.25, 0.3) is 0 Å². The summed E-state index contributed by atoms with van der Waals surface area (Å²) in [4.78, 5) is 0. The number of thioether (sulfide) groups is 1. The first-order valence-electron chi connectivity index (χ1n) is 6.59. The van der Waals surface area contributed by atoms with E-state index in [9.17, 15) is 0 Å². The number of rotatable bonds is 9. The van der Waals surface area contributed by atoms with Gasteiger partial charge < -0.3 is 5.32 Å². The van der Waals surface area contributed by atoms with Gasteiger partial charge in [0.15, 0.2) is 0 Å². The van der Waals surface area contributed by atoms with Gasteiger partial charge in [-0.3, -0.25) is 0 Å². The fourth-order valence-corrected chi connectivity index (χ4v) is 2.43. The van der Waals surface area contributed by atoms with Crippen LogP contribution in [0.5, 0.6) is 0 Å². The first-order chi connectivity index (χ1) is 8.33. The lowest BCUT2D eigenvalue weighted by Crippen LogP contribution is -2.27. The molecule has 17 heavy (non-hydrogen) atoms. The largest absolute Gasteiger partial charge is 0.314 e. The van der Waals surface area contributed by atoms with E-state index in [0.29, 0.717) is 6.04 Å². The van der Waals surface area contributed by atoms with Crippen LogP contribution in [0.15, 0.2) is 30.3 Å². The molecule has 0 heterocycles. The van der Waals surface area contributed by atoms with Gasteiger partial charge in [0.25, 0.3) is 0 Å². The molecule has 0 saturated carbocycles. The zero-order valence-corrected chi connectivity index (χ0v) is 11.9. The molecule has 0 aliphatic heterocycles. The Hall–Kier alpha value is -0.470. The Balaban J connectivity index is 1.97. The third-order valence-corrected chi connectivity index (χ3v) is 3.63. The molecule has 0 bridgehead atoms. The molecule has 0 aliphatic rings. The molecule has 1 aromatic rings. The quantitative estimate of drug-likeness (QED) is 0.671. The van der Waals surface area contributed by atoms with Crippen LogP contribution < -0.4 is 5.32 Å². The summed E-state index contributed by atoms with van der Waals surface area (Å²) in [6, 6.07) is 11.4. The average Bonchev–Trinajstić information content (AvgIpc) is 2.37. The Morgan fingerprint density at radius 2 is 1.94 bits per heavy atom. The Morgan fingerprint density at radius 1 is 1.18 bits per heavy atom. The van der Waals surface area contributed by atoms with Gasteiger partial charge >= 0.3 is 0 Å². The van der Waals surface area contributed by atoms with E-state index in [2.05, 4.69) is 48.8 Å². The third kappa shape index (κ3) is 7.45. The van der Waals surface area contributed by atoms with Crippen molar-refractivity contribution < 1.29 is 0 Å². The van der Waals surface area contributed by atoms with Gasteiger partial charge in [-0.15, -0.1) is 0 Å². The summed E-state index contributed by atoms with van der Waals surface area (Å²) < 4.78 is 0. The van der Waals surface area contributed by atoms with Gasteiger partial charge in [0.05, 0.1) is 0 Å². The third-order valence-electron chi connectivity index (χ3n) is 2.98. The van der Waals surface area contributed by atoms with Crippen LogP contribution >= 0.6 is 11.8 Å².